The van der Waals surface area contributed by atoms with Crippen molar-refractivity contribution in [3.05, 3.63) is 30.1 Å². The van der Waals surface area contributed by atoms with Gasteiger partial charge in [-0.15, -0.1) is 0 Å². The largest absolute Gasteiger partial charge is 0.491 e. The molecule has 3 N–H and O–H groups in total. The molecule has 158 valence electrons. The molecule has 1 fully saturated rings. The lowest BCUT2D eigenvalue weighted by molar-refractivity contribution is -0.147. The summed E-state index contributed by atoms with van der Waals surface area (Å²) in [5.41, 5.74) is 6.11. The van der Waals surface area contributed by atoms with Crippen molar-refractivity contribution in [1.82, 2.24) is 9.55 Å². The van der Waals surface area contributed by atoms with Crippen molar-refractivity contribution in [2.24, 2.45) is 15.7 Å². The zero-order valence-electron chi connectivity index (χ0n) is 17.3. The van der Waals surface area contributed by atoms with Crippen LogP contribution in [0.25, 0.3) is 11.4 Å². The molecule has 0 saturated heterocycles. The van der Waals surface area contributed by atoms with Gasteiger partial charge in [0.05, 0.1) is 17.9 Å². The van der Waals surface area contributed by atoms with Gasteiger partial charge in [0, 0.05) is 31.1 Å². The van der Waals surface area contributed by atoms with E-state index in [1.54, 1.807) is 19.1 Å². The number of carboxylic acids is 1. The summed E-state index contributed by atoms with van der Waals surface area (Å²) in [6.07, 6.45) is 2.91. The van der Waals surface area contributed by atoms with Gasteiger partial charge in [-0.25, -0.2) is 14.8 Å². The number of fused-ring (bicyclic) bond motifs is 3. The minimum Gasteiger partial charge on any atom is -0.491 e. The SMILES string of the molecule is CC(N)=NC(=NC(C)C)c1cn2c(n1)-c1ccc(OC3(C(=O)O)CC3)cc1OCC2. The number of benzene rings is 1. The highest BCUT2D eigenvalue weighted by Crippen LogP contribution is 2.42. The summed E-state index contributed by atoms with van der Waals surface area (Å²) in [7, 11) is 0. The molecule has 0 radical (unpaired) electrons. The third-order valence-corrected chi connectivity index (χ3v) is 4.86. The van der Waals surface area contributed by atoms with E-state index in [1.807, 2.05) is 30.7 Å². The number of aliphatic carboxylic acids is 1. The van der Waals surface area contributed by atoms with Gasteiger partial charge in [0.2, 0.25) is 5.60 Å². The molecular weight excluding hydrogens is 386 g/mol. The Morgan fingerprint density at radius 1 is 1.40 bits per heavy atom. The van der Waals surface area contributed by atoms with Crippen molar-refractivity contribution >= 4 is 17.6 Å². The molecule has 0 unspecified atom stereocenters. The van der Waals surface area contributed by atoms with E-state index in [4.69, 9.17) is 20.2 Å². The molecule has 4 rings (SSSR count). The van der Waals surface area contributed by atoms with Gasteiger partial charge in [0.15, 0.2) is 5.84 Å². The van der Waals surface area contributed by atoms with Crippen molar-refractivity contribution in [2.75, 3.05) is 6.61 Å². The van der Waals surface area contributed by atoms with E-state index in [0.29, 0.717) is 54.9 Å². The van der Waals surface area contributed by atoms with Crippen LogP contribution in [0, 0.1) is 0 Å². The summed E-state index contributed by atoms with van der Waals surface area (Å²) < 4.78 is 13.6. The number of rotatable bonds is 5. The lowest BCUT2D eigenvalue weighted by atomic mass is 10.1. The van der Waals surface area contributed by atoms with E-state index in [0.717, 1.165) is 11.4 Å². The lowest BCUT2D eigenvalue weighted by Crippen LogP contribution is -2.28. The van der Waals surface area contributed by atoms with E-state index in [1.165, 1.54) is 0 Å². The van der Waals surface area contributed by atoms with Crippen LogP contribution in [-0.4, -0.2) is 50.5 Å². The number of aromatic nitrogens is 2. The minimum atomic E-state index is -1.11. The number of hydrogen-bond donors (Lipinski definition) is 2. The number of nitrogens with zero attached hydrogens (tertiary/aromatic N) is 4. The molecule has 1 saturated carbocycles. The van der Waals surface area contributed by atoms with Gasteiger partial charge in [-0.1, -0.05) is 0 Å². The van der Waals surface area contributed by atoms with E-state index in [2.05, 4.69) is 9.98 Å². The number of aliphatic imine (C=N–C) groups is 2. The molecule has 0 spiro atoms. The summed E-state index contributed by atoms with van der Waals surface area (Å²) >= 11 is 0. The molecule has 9 heteroatoms. The maximum Gasteiger partial charge on any atom is 0.348 e. The van der Waals surface area contributed by atoms with Gasteiger partial charge in [-0.2, -0.15) is 0 Å². The molecular formula is C21H25N5O4. The number of carbonyl (C=O) groups is 1. The first-order valence-corrected chi connectivity index (χ1v) is 9.93. The summed E-state index contributed by atoms with van der Waals surface area (Å²) in [5, 5.41) is 9.36. The molecule has 30 heavy (non-hydrogen) atoms. The monoisotopic (exact) mass is 411 g/mol. The average molecular weight is 411 g/mol. The smallest absolute Gasteiger partial charge is 0.348 e. The van der Waals surface area contributed by atoms with Crippen LogP contribution >= 0.6 is 0 Å². The maximum absolute atomic E-state index is 11.4. The molecule has 9 nitrogen and oxygen atoms in total. The van der Waals surface area contributed by atoms with Crippen molar-refractivity contribution in [1.29, 1.82) is 0 Å². The molecule has 0 amide bonds. The molecule has 2 heterocycles. The van der Waals surface area contributed by atoms with Gasteiger partial charge in [-0.05, 0) is 32.9 Å². The van der Waals surface area contributed by atoms with Gasteiger partial charge in [-0.3, -0.25) is 4.99 Å². The van der Waals surface area contributed by atoms with Crippen LogP contribution in [0.3, 0.4) is 0 Å². The Balaban J connectivity index is 1.70. The second-order valence-corrected chi connectivity index (χ2v) is 7.85. The molecule has 1 aromatic heterocycles. The molecule has 1 aliphatic heterocycles. The van der Waals surface area contributed by atoms with Crippen LogP contribution in [0.2, 0.25) is 0 Å². The third kappa shape index (κ3) is 3.87. The predicted octanol–water partition coefficient (Wildman–Crippen LogP) is 2.47. The van der Waals surface area contributed by atoms with Gasteiger partial charge < -0.3 is 24.9 Å². The Hall–Kier alpha value is -3.36. The molecule has 1 aromatic carbocycles. The molecule has 2 aromatic rings. The third-order valence-electron chi connectivity index (χ3n) is 4.86. The van der Waals surface area contributed by atoms with Crippen LogP contribution in [0.5, 0.6) is 11.5 Å². The number of hydrogen-bond acceptors (Lipinski definition) is 5. The van der Waals surface area contributed by atoms with Crippen molar-refractivity contribution in [3.63, 3.8) is 0 Å². The average Bonchev–Trinajstić information content (AvgIpc) is 3.36. The van der Waals surface area contributed by atoms with Crippen molar-refractivity contribution in [3.8, 4) is 22.9 Å². The number of carboxylic acid groups (broad SMARTS) is 1. The zero-order valence-corrected chi connectivity index (χ0v) is 17.3. The molecule has 0 atom stereocenters. The first-order valence-electron chi connectivity index (χ1n) is 9.93. The van der Waals surface area contributed by atoms with Gasteiger partial charge in [0.1, 0.15) is 29.6 Å². The van der Waals surface area contributed by atoms with Gasteiger partial charge >= 0.3 is 5.97 Å². The van der Waals surface area contributed by atoms with Crippen molar-refractivity contribution in [2.45, 2.75) is 51.8 Å². The highest BCUT2D eigenvalue weighted by molar-refractivity contribution is 6.04. The number of ether oxygens (including phenoxy) is 2. The minimum absolute atomic E-state index is 0.0453. The number of imidazole rings is 1. The zero-order chi connectivity index (χ0) is 21.5. The van der Waals surface area contributed by atoms with E-state index in [-0.39, 0.29) is 6.04 Å². The Kier molecular flexibility index (Phi) is 4.97. The van der Waals surface area contributed by atoms with E-state index < -0.39 is 11.6 Å². The summed E-state index contributed by atoms with van der Waals surface area (Å²) in [4.78, 5) is 25.1. The van der Waals surface area contributed by atoms with Crippen LogP contribution in [0.15, 0.2) is 34.4 Å². The first-order chi connectivity index (χ1) is 14.3. The number of nitrogens with two attached hydrogens (primary N) is 1. The van der Waals surface area contributed by atoms with Crippen molar-refractivity contribution < 1.29 is 19.4 Å². The van der Waals surface area contributed by atoms with E-state index >= 15 is 0 Å². The summed E-state index contributed by atoms with van der Waals surface area (Å²) in [6.45, 7) is 6.70. The van der Waals surface area contributed by atoms with E-state index in [9.17, 15) is 9.90 Å². The molecule has 2 aliphatic rings. The Bertz CT molecular complexity index is 1050. The molecule has 1 aliphatic carbocycles. The van der Waals surface area contributed by atoms with Crippen LogP contribution in [0.4, 0.5) is 0 Å². The topological polar surface area (TPSA) is 124 Å². The number of amidine groups is 2. The Labute approximate surface area is 174 Å². The predicted molar refractivity (Wildman–Crippen MR) is 112 cm³/mol. The fraction of sp³-hybridized carbons (Fsp3) is 0.429. The van der Waals surface area contributed by atoms with Crippen LogP contribution in [0.1, 0.15) is 39.3 Å². The van der Waals surface area contributed by atoms with Crippen LogP contribution in [-0.2, 0) is 11.3 Å². The van der Waals surface area contributed by atoms with Gasteiger partial charge in [0.25, 0.3) is 0 Å². The summed E-state index contributed by atoms with van der Waals surface area (Å²) in [5.74, 6) is 1.77. The lowest BCUT2D eigenvalue weighted by Gasteiger charge is -2.15. The summed E-state index contributed by atoms with van der Waals surface area (Å²) in [6, 6.07) is 5.37. The quantitative estimate of drug-likeness (QED) is 0.575. The highest BCUT2D eigenvalue weighted by atomic mass is 16.5. The standard InChI is InChI=1S/C21H25N5O4/c1-12(2)23-18(24-13(3)22)16-11-26-8-9-29-17-10-14(4-5-15(17)19(26)25-16)30-21(6-7-21)20(27)28/h4-5,10-12H,6-9H2,1-3H3,(H,27,28)(H2,22,23,24). The Morgan fingerprint density at radius 3 is 2.80 bits per heavy atom. The Morgan fingerprint density at radius 2 is 2.17 bits per heavy atom. The van der Waals surface area contributed by atoms with Crippen LogP contribution < -0.4 is 15.2 Å². The fourth-order valence-electron chi connectivity index (χ4n) is 3.30. The maximum atomic E-state index is 11.4. The molecule has 0 bridgehead atoms. The second kappa shape index (κ2) is 7.47. The normalized spacial score (nSPS) is 17.6. The highest BCUT2D eigenvalue weighted by Gasteiger charge is 2.53. The first kappa shape index (κ1) is 19.9. The second-order valence-electron chi connectivity index (χ2n) is 7.85. The fourth-order valence-corrected chi connectivity index (χ4v) is 3.30.